The molecule has 3 rings (SSSR count). The number of nitrogens with two attached hydrogens (primary N) is 1. The summed E-state index contributed by atoms with van der Waals surface area (Å²) in [6, 6.07) is 21.8. The summed E-state index contributed by atoms with van der Waals surface area (Å²) in [6.07, 6.45) is 0. The first kappa shape index (κ1) is 16.0. The van der Waals surface area contributed by atoms with Crippen molar-refractivity contribution in [3.05, 3.63) is 71.6 Å². The first-order chi connectivity index (χ1) is 11.6. The second-order valence-corrected chi connectivity index (χ2v) is 6.23. The molecule has 0 radical (unpaired) electrons. The summed E-state index contributed by atoms with van der Waals surface area (Å²) >= 11 is 1.32. The molecule has 2 N–H and O–H groups in total. The normalized spacial score (nSPS) is 10.3. The smallest absolute Gasteiger partial charge is 0.348 e. The molecule has 0 aliphatic heterocycles. The number of hydrogen-bond donors (Lipinski definition) is 1. The van der Waals surface area contributed by atoms with Gasteiger partial charge in [-0.3, -0.25) is 4.79 Å². The van der Waals surface area contributed by atoms with Crippen molar-refractivity contribution >= 4 is 23.2 Å². The molecule has 24 heavy (non-hydrogen) atoms. The molecule has 1 heterocycles. The van der Waals surface area contributed by atoms with Crippen molar-refractivity contribution in [3.63, 3.8) is 0 Å². The molecular weight excluding hydrogens is 322 g/mol. The monoisotopic (exact) mass is 337 g/mol. The average molecular weight is 337 g/mol. The Kier molecular flexibility index (Phi) is 4.72. The van der Waals surface area contributed by atoms with Gasteiger partial charge in [-0.2, -0.15) is 0 Å². The van der Waals surface area contributed by atoms with Crippen molar-refractivity contribution in [2.24, 2.45) is 5.73 Å². The van der Waals surface area contributed by atoms with Crippen molar-refractivity contribution < 1.29 is 14.3 Å². The number of carbonyl (C=O) groups is 2. The molecule has 120 valence electrons. The number of hydrogen-bond acceptors (Lipinski definition) is 4. The van der Waals surface area contributed by atoms with Crippen molar-refractivity contribution in [2.75, 3.05) is 6.61 Å². The SMILES string of the molecule is NC(=O)COC(=O)c1ccc(-c2ccc(-c3ccccc3)cc2)s1. The molecule has 4 nitrogen and oxygen atoms in total. The predicted octanol–water partition coefficient (Wildman–Crippen LogP) is 3.72. The van der Waals surface area contributed by atoms with E-state index in [1.54, 1.807) is 6.07 Å². The number of esters is 1. The van der Waals surface area contributed by atoms with Crippen LogP contribution in [-0.4, -0.2) is 18.5 Å². The maximum atomic E-state index is 11.8. The Morgan fingerprint density at radius 2 is 1.46 bits per heavy atom. The van der Waals surface area contributed by atoms with Gasteiger partial charge < -0.3 is 10.5 Å². The summed E-state index contributed by atoms with van der Waals surface area (Å²) in [5.41, 5.74) is 8.28. The molecule has 0 fully saturated rings. The largest absolute Gasteiger partial charge is 0.451 e. The fourth-order valence-electron chi connectivity index (χ4n) is 2.27. The number of carbonyl (C=O) groups excluding carboxylic acids is 2. The molecule has 0 saturated carbocycles. The summed E-state index contributed by atoms with van der Waals surface area (Å²) in [5, 5.41) is 0. The van der Waals surface area contributed by atoms with Crippen molar-refractivity contribution in [2.45, 2.75) is 0 Å². The molecular formula is C19H15NO3S. The van der Waals surface area contributed by atoms with E-state index in [1.807, 2.05) is 36.4 Å². The topological polar surface area (TPSA) is 69.4 Å². The second-order valence-electron chi connectivity index (χ2n) is 5.15. The van der Waals surface area contributed by atoms with Crippen LogP contribution in [0, 0.1) is 0 Å². The van der Waals surface area contributed by atoms with Crippen LogP contribution in [-0.2, 0) is 9.53 Å². The van der Waals surface area contributed by atoms with Crippen LogP contribution in [0.25, 0.3) is 21.6 Å². The maximum Gasteiger partial charge on any atom is 0.348 e. The minimum atomic E-state index is -0.670. The number of amides is 1. The Morgan fingerprint density at radius 3 is 2.12 bits per heavy atom. The highest BCUT2D eigenvalue weighted by Crippen LogP contribution is 2.30. The van der Waals surface area contributed by atoms with E-state index in [-0.39, 0.29) is 0 Å². The van der Waals surface area contributed by atoms with Gasteiger partial charge in [-0.1, -0.05) is 54.6 Å². The van der Waals surface area contributed by atoms with Crippen LogP contribution >= 0.6 is 11.3 Å². The lowest BCUT2D eigenvalue weighted by Gasteiger charge is -2.03. The van der Waals surface area contributed by atoms with Crippen LogP contribution in [0.2, 0.25) is 0 Å². The minimum Gasteiger partial charge on any atom is -0.451 e. The van der Waals surface area contributed by atoms with Gasteiger partial charge in [0.1, 0.15) is 4.88 Å². The van der Waals surface area contributed by atoms with Gasteiger partial charge >= 0.3 is 5.97 Å². The first-order valence-electron chi connectivity index (χ1n) is 7.34. The highest BCUT2D eigenvalue weighted by molar-refractivity contribution is 7.17. The van der Waals surface area contributed by atoms with Gasteiger partial charge in [-0.05, 0) is 28.8 Å². The molecule has 0 bridgehead atoms. The highest BCUT2D eigenvalue weighted by atomic mass is 32.1. The summed E-state index contributed by atoms with van der Waals surface area (Å²) < 4.78 is 4.81. The molecule has 5 heteroatoms. The average Bonchev–Trinajstić information content (AvgIpc) is 3.11. The second kappa shape index (κ2) is 7.10. The molecule has 0 spiro atoms. The van der Waals surface area contributed by atoms with Gasteiger partial charge in [0.05, 0.1) is 0 Å². The number of benzene rings is 2. The third kappa shape index (κ3) is 3.70. The van der Waals surface area contributed by atoms with Gasteiger partial charge in [0, 0.05) is 4.88 Å². The van der Waals surface area contributed by atoms with Gasteiger partial charge in [-0.15, -0.1) is 11.3 Å². The number of thiophene rings is 1. The third-order valence-corrected chi connectivity index (χ3v) is 4.54. The lowest BCUT2D eigenvalue weighted by Crippen LogP contribution is -2.20. The Morgan fingerprint density at radius 1 is 0.833 bits per heavy atom. The zero-order chi connectivity index (χ0) is 16.9. The molecule has 2 aromatic carbocycles. The van der Waals surface area contributed by atoms with Gasteiger partial charge in [0.2, 0.25) is 0 Å². The number of rotatable bonds is 5. The summed E-state index contributed by atoms with van der Waals surface area (Å²) in [4.78, 5) is 23.9. The minimum absolute atomic E-state index is 0.405. The highest BCUT2D eigenvalue weighted by Gasteiger charge is 2.12. The standard InChI is InChI=1S/C19H15NO3S/c20-18(21)12-23-19(22)17-11-10-16(24-17)15-8-6-14(7-9-15)13-4-2-1-3-5-13/h1-11H,12H2,(H2,20,21). The predicted molar refractivity (Wildman–Crippen MR) is 94.7 cm³/mol. The lowest BCUT2D eigenvalue weighted by molar-refractivity contribution is -0.121. The molecule has 0 saturated heterocycles. The van der Waals surface area contributed by atoms with Crippen LogP contribution in [0.5, 0.6) is 0 Å². The van der Waals surface area contributed by atoms with Crippen molar-refractivity contribution in [3.8, 4) is 21.6 Å². The first-order valence-corrected chi connectivity index (χ1v) is 8.16. The molecule has 1 aromatic heterocycles. The third-order valence-electron chi connectivity index (χ3n) is 3.43. The van der Waals surface area contributed by atoms with Crippen LogP contribution in [0.4, 0.5) is 0 Å². The van der Waals surface area contributed by atoms with Crippen LogP contribution in [0.15, 0.2) is 66.7 Å². The fourth-order valence-corrected chi connectivity index (χ4v) is 3.17. The molecule has 0 aliphatic rings. The van der Waals surface area contributed by atoms with E-state index in [1.165, 1.54) is 11.3 Å². The van der Waals surface area contributed by atoms with E-state index in [0.717, 1.165) is 21.6 Å². The van der Waals surface area contributed by atoms with Crippen LogP contribution in [0.3, 0.4) is 0 Å². The quantitative estimate of drug-likeness (QED) is 0.721. The molecule has 3 aromatic rings. The zero-order valence-corrected chi connectivity index (χ0v) is 13.6. The van der Waals surface area contributed by atoms with Crippen LogP contribution in [0.1, 0.15) is 9.67 Å². The molecule has 0 atom stereocenters. The van der Waals surface area contributed by atoms with E-state index in [2.05, 4.69) is 24.3 Å². The van der Waals surface area contributed by atoms with E-state index >= 15 is 0 Å². The van der Waals surface area contributed by atoms with Crippen LogP contribution < -0.4 is 5.73 Å². The Balaban J connectivity index is 1.76. The zero-order valence-electron chi connectivity index (χ0n) is 12.8. The summed E-state index contributed by atoms with van der Waals surface area (Å²) in [7, 11) is 0. The molecule has 1 amide bonds. The van der Waals surface area contributed by atoms with E-state index in [9.17, 15) is 9.59 Å². The Labute approximate surface area is 143 Å². The van der Waals surface area contributed by atoms with Crippen molar-refractivity contribution in [1.82, 2.24) is 0 Å². The Bertz CT molecular complexity index is 854. The lowest BCUT2D eigenvalue weighted by atomic mass is 10.0. The van der Waals surface area contributed by atoms with E-state index in [4.69, 9.17) is 10.5 Å². The number of ether oxygens (including phenoxy) is 1. The summed E-state index contributed by atoms with van der Waals surface area (Å²) in [5.74, 6) is -1.21. The molecule has 0 unspecified atom stereocenters. The van der Waals surface area contributed by atoms with Crippen molar-refractivity contribution in [1.29, 1.82) is 0 Å². The van der Waals surface area contributed by atoms with Gasteiger partial charge in [0.15, 0.2) is 6.61 Å². The van der Waals surface area contributed by atoms with E-state index < -0.39 is 18.5 Å². The van der Waals surface area contributed by atoms with Gasteiger partial charge in [0.25, 0.3) is 5.91 Å². The van der Waals surface area contributed by atoms with Gasteiger partial charge in [-0.25, -0.2) is 4.79 Å². The Hall–Kier alpha value is -2.92. The maximum absolute atomic E-state index is 11.8. The molecule has 0 aliphatic carbocycles. The number of primary amides is 1. The fraction of sp³-hybridized carbons (Fsp3) is 0.0526. The van der Waals surface area contributed by atoms with E-state index in [0.29, 0.717) is 4.88 Å². The summed E-state index contributed by atoms with van der Waals surface area (Å²) in [6.45, 7) is -0.405.